The van der Waals surface area contributed by atoms with Crippen molar-refractivity contribution in [3.05, 3.63) is 40.6 Å². The molecular formula is C12H17N3S. The van der Waals surface area contributed by atoms with E-state index in [-0.39, 0.29) is 0 Å². The highest BCUT2D eigenvalue weighted by Crippen LogP contribution is 2.16. The number of aromatic nitrogens is 2. The first-order valence-corrected chi connectivity index (χ1v) is 6.47. The van der Waals surface area contributed by atoms with Crippen molar-refractivity contribution in [3.8, 4) is 0 Å². The summed E-state index contributed by atoms with van der Waals surface area (Å²) in [6.45, 7) is 3.06. The molecule has 0 aliphatic carbocycles. The van der Waals surface area contributed by atoms with Crippen LogP contribution in [0.15, 0.2) is 29.4 Å². The van der Waals surface area contributed by atoms with Gasteiger partial charge in [0.25, 0.3) is 0 Å². The van der Waals surface area contributed by atoms with Crippen molar-refractivity contribution in [2.45, 2.75) is 25.9 Å². The van der Waals surface area contributed by atoms with Gasteiger partial charge in [0, 0.05) is 23.8 Å². The molecule has 1 unspecified atom stereocenters. The van der Waals surface area contributed by atoms with Crippen LogP contribution in [0.4, 0.5) is 0 Å². The van der Waals surface area contributed by atoms with E-state index in [9.17, 15) is 0 Å². The van der Waals surface area contributed by atoms with Crippen molar-refractivity contribution < 1.29 is 0 Å². The first-order valence-electron chi connectivity index (χ1n) is 5.53. The zero-order chi connectivity index (χ0) is 11.4. The van der Waals surface area contributed by atoms with Gasteiger partial charge in [0.1, 0.15) is 0 Å². The molecule has 4 heteroatoms. The maximum Gasteiger partial charge on any atom is 0.0795 e. The first-order chi connectivity index (χ1) is 7.83. The highest BCUT2D eigenvalue weighted by molar-refractivity contribution is 7.07. The Kier molecular flexibility index (Phi) is 3.74. The first kappa shape index (κ1) is 11.4. The van der Waals surface area contributed by atoms with E-state index in [2.05, 4.69) is 45.6 Å². The molecule has 0 amide bonds. The molecule has 0 bridgehead atoms. The SMILES string of the molecule is CCC(NC)c1ccn(Cc2cscn2)c1. The highest BCUT2D eigenvalue weighted by Gasteiger charge is 2.08. The van der Waals surface area contributed by atoms with Gasteiger partial charge >= 0.3 is 0 Å². The van der Waals surface area contributed by atoms with Crippen LogP contribution in [0.5, 0.6) is 0 Å². The summed E-state index contributed by atoms with van der Waals surface area (Å²) in [5, 5.41) is 5.41. The van der Waals surface area contributed by atoms with E-state index in [1.807, 2.05) is 12.6 Å². The number of nitrogens with zero attached hydrogens (tertiary/aromatic N) is 2. The Balaban J connectivity index is 2.07. The van der Waals surface area contributed by atoms with E-state index in [4.69, 9.17) is 0 Å². The standard InChI is InChI=1S/C12H17N3S/c1-3-12(13-2)10-4-5-15(6-10)7-11-8-16-9-14-11/h4-6,8-9,12-13H,3,7H2,1-2H3. The molecule has 0 saturated carbocycles. The van der Waals surface area contributed by atoms with Gasteiger partial charge in [0.2, 0.25) is 0 Å². The fraction of sp³-hybridized carbons (Fsp3) is 0.417. The maximum atomic E-state index is 4.29. The summed E-state index contributed by atoms with van der Waals surface area (Å²) < 4.78 is 2.18. The lowest BCUT2D eigenvalue weighted by atomic mass is 10.1. The fourth-order valence-electron chi connectivity index (χ4n) is 1.87. The molecule has 0 aromatic carbocycles. The molecule has 2 aromatic heterocycles. The topological polar surface area (TPSA) is 29.9 Å². The Morgan fingerprint density at radius 3 is 3.06 bits per heavy atom. The summed E-state index contributed by atoms with van der Waals surface area (Å²) in [6, 6.07) is 2.63. The minimum atomic E-state index is 0.455. The van der Waals surface area contributed by atoms with Crippen molar-refractivity contribution in [3.63, 3.8) is 0 Å². The Bertz CT molecular complexity index is 415. The van der Waals surface area contributed by atoms with Gasteiger partial charge in [0.15, 0.2) is 0 Å². The minimum Gasteiger partial charge on any atom is -0.348 e. The molecular weight excluding hydrogens is 218 g/mol. The summed E-state index contributed by atoms with van der Waals surface area (Å²) in [4.78, 5) is 4.29. The predicted molar refractivity (Wildman–Crippen MR) is 67.7 cm³/mol. The fourth-order valence-corrected chi connectivity index (χ4v) is 2.42. The lowest BCUT2D eigenvalue weighted by Gasteiger charge is -2.11. The second kappa shape index (κ2) is 5.27. The van der Waals surface area contributed by atoms with Crippen molar-refractivity contribution >= 4 is 11.3 Å². The largest absolute Gasteiger partial charge is 0.348 e. The Hall–Kier alpha value is -1.13. The van der Waals surface area contributed by atoms with Crippen molar-refractivity contribution in [2.24, 2.45) is 0 Å². The summed E-state index contributed by atoms with van der Waals surface area (Å²) in [5.74, 6) is 0. The number of hydrogen-bond donors (Lipinski definition) is 1. The molecule has 0 spiro atoms. The third-order valence-corrected chi connectivity index (χ3v) is 3.40. The summed E-state index contributed by atoms with van der Waals surface area (Å²) in [6.07, 6.45) is 5.43. The number of rotatable bonds is 5. The zero-order valence-electron chi connectivity index (χ0n) is 9.68. The Morgan fingerprint density at radius 2 is 2.44 bits per heavy atom. The van der Waals surface area contributed by atoms with Gasteiger partial charge in [-0.05, 0) is 25.1 Å². The van der Waals surface area contributed by atoms with Crippen LogP contribution in [0.1, 0.15) is 30.6 Å². The Morgan fingerprint density at radius 1 is 1.56 bits per heavy atom. The van der Waals surface area contributed by atoms with Crippen LogP contribution in [0, 0.1) is 0 Å². The molecule has 16 heavy (non-hydrogen) atoms. The molecule has 1 N–H and O–H groups in total. The quantitative estimate of drug-likeness (QED) is 0.863. The molecule has 3 nitrogen and oxygen atoms in total. The minimum absolute atomic E-state index is 0.455. The molecule has 1 atom stereocenters. The smallest absolute Gasteiger partial charge is 0.0795 e. The van der Waals surface area contributed by atoms with Crippen LogP contribution in [-0.2, 0) is 6.54 Å². The van der Waals surface area contributed by atoms with Gasteiger partial charge < -0.3 is 9.88 Å². The molecule has 0 fully saturated rings. The normalized spacial score (nSPS) is 12.9. The van der Waals surface area contributed by atoms with Crippen molar-refractivity contribution in [1.29, 1.82) is 0 Å². The van der Waals surface area contributed by atoms with Crippen LogP contribution in [-0.4, -0.2) is 16.6 Å². The summed E-state index contributed by atoms with van der Waals surface area (Å²) >= 11 is 1.64. The average Bonchev–Trinajstić information content (AvgIpc) is 2.93. The van der Waals surface area contributed by atoms with E-state index >= 15 is 0 Å². The monoisotopic (exact) mass is 235 g/mol. The molecule has 0 radical (unpaired) electrons. The van der Waals surface area contributed by atoms with Crippen molar-refractivity contribution in [1.82, 2.24) is 14.9 Å². The lowest BCUT2D eigenvalue weighted by Crippen LogP contribution is -2.14. The molecule has 2 heterocycles. The van der Waals surface area contributed by atoms with E-state index in [0.29, 0.717) is 6.04 Å². The van der Waals surface area contributed by atoms with Crippen LogP contribution < -0.4 is 5.32 Å². The van der Waals surface area contributed by atoms with Crippen molar-refractivity contribution in [2.75, 3.05) is 7.05 Å². The van der Waals surface area contributed by atoms with Gasteiger partial charge in [-0.1, -0.05) is 6.92 Å². The van der Waals surface area contributed by atoms with Gasteiger partial charge in [-0.15, -0.1) is 11.3 Å². The lowest BCUT2D eigenvalue weighted by molar-refractivity contribution is 0.575. The van der Waals surface area contributed by atoms with E-state index < -0.39 is 0 Å². The molecule has 2 rings (SSSR count). The molecule has 86 valence electrons. The van der Waals surface area contributed by atoms with E-state index in [1.165, 1.54) is 5.56 Å². The molecule has 0 saturated heterocycles. The highest BCUT2D eigenvalue weighted by atomic mass is 32.1. The van der Waals surface area contributed by atoms with Crippen LogP contribution in [0.2, 0.25) is 0 Å². The second-order valence-corrected chi connectivity index (χ2v) is 4.57. The van der Waals surface area contributed by atoms with Crippen LogP contribution in [0.3, 0.4) is 0 Å². The second-order valence-electron chi connectivity index (χ2n) is 3.85. The average molecular weight is 235 g/mol. The number of nitrogens with one attached hydrogen (secondary N) is 1. The van der Waals surface area contributed by atoms with E-state index in [0.717, 1.165) is 18.7 Å². The van der Waals surface area contributed by atoms with E-state index in [1.54, 1.807) is 11.3 Å². The van der Waals surface area contributed by atoms with Gasteiger partial charge in [0.05, 0.1) is 17.7 Å². The van der Waals surface area contributed by atoms with Crippen LogP contribution in [0.25, 0.3) is 0 Å². The van der Waals surface area contributed by atoms with Gasteiger partial charge in [-0.2, -0.15) is 0 Å². The van der Waals surface area contributed by atoms with Crippen LogP contribution >= 0.6 is 11.3 Å². The Labute approximate surface area is 100 Å². The predicted octanol–water partition coefficient (Wildman–Crippen LogP) is 2.66. The maximum absolute atomic E-state index is 4.29. The van der Waals surface area contributed by atoms with Gasteiger partial charge in [-0.3, -0.25) is 0 Å². The molecule has 0 aliphatic heterocycles. The molecule has 0 aliphatic rings. The molecule has 2 aromatic rings. The number of thiazole rings is 1. The van der Waals surface area contributed by atoms with Gasteiger partial charge in [-0.25, -0.2) is 4.98 Å². The summed E-state index contributed by atoms with van der Waals surface area (Å²) in [5.41, 5.74) is 4.35. The third kappa shape index (κ3) is 2.51. The zero-order valence-corrected chi connectivity index (χ0v) is 10.5. The summed E-state index contributed by atoms with van der Waals surface area (Å²) in [7, 11) is 2.01. The third-order valence-electron chi connectivity index (χ3n) is 2.76. The number of hydrogen-bond acceptors (Lipinski definition) is 3.